The zero-order valence-corrected chi connectivity index (χ0v) is 14.3. The van der Waals surface area contributed by atoms with Gasteiger partial charge in [-0.3, -0.25) is 0 Å². The lowest BCUT2D eigenvalue weighted by atomic mass is 9.91. The first kappa shape index (κ1) is 15.1. The second-order valence-corrected chi connectivity index (χ2v) is 6.65. The highest BCUT2D eigenvalue weighted by Crippen LogP contribution is 2.38. The van der Waals surface area contributed by atoms with Crippen molar-refractivity contribution in [3.63, 3.8) is 0 Å². The number of aromatic nitrogens is 1. The van der Waals surface area contributed by atoms with E-state index in [1.54, 1.807) is 11.1 Å². The summed E-state index contributed by atoms with van der Waals surface area (Å²) in [7, 11) is 0. The Kier molecular flexibility index (Phi) is 4.17. The van der Waals surface area contributed by atoms with Gasteiger partial charge in [-0.2, -0.15) is 0 Å². The molecule has 4 rings (SSSR count). The lowest BCUT2D eigenvalue weighted by Crippen LogP contribution is -2.20. The summed E-state index contributed by atoms with van der Waals surface area (Å²) in [5.74, 6) is 0. The topological polar surface area (TPSA) is 14.1 Å². The molecule has 1 N–H and O–H groups in total. The van der Waals surface area contributed by atoms with Crippen molar-refractivity contribution in [2.24, 2.45) is 0 Å². The van der Waals surface area contributed by atoms with Gasteiger partial charge in [0, 0.05) is 17.5 Å². The van der Waals surface area contributed by atoms with Crippen LogP contribution in [0.2, 0.25) is 0 Å². The number of rotatable bonds is 4. The molecule has 0 amide bonds. The van der Waals surface area contributed by atoms with Crippen molar-refractivity contribution in [2.45, 2.75) is 39.0 Å². The van der Waals surface area contributed by atoms with Gasteiger partial charge in [-0.15, -0.1) is 0 Å². The molecule has 2 aromatic carbocycles. The zero-order valence-electron chi connectivity index (χ0n) is 14.3. The minimum atomic E-state index is 1.14. The molecule has 1 heterocycles. The first-order valence-electron chi connectivity index (χ1n) is 9.09. The van der Waals surface area contributed by atoms with E-state index < -0.39 is 0 Å². The normalized spacial score (nSPS) is 13.0. The SMILES string of the molecule is CCCc1[nH+]c(-c2ccccc2)c(-c2ccccc2)c2c1CCC2. The van der Waals surface area contributed by atoms with Gasteiger partial charge in [0.05, 0.1) is 5.56 Å². The van der Waals surface area contributed by atoms with Crippen LogP contribution < -0.4 is 4.98 Å². The fraction of sp³-hybridized carbons (Fsp3) is 0.261. The van der Waals surface area contributed by atoms with Gasteiger partial charge in [0.15, 0.2) is 5.69 Å². The molecule has 0 spiro atoms. The lowest BCUT2D eigenvalue weighted by molar-refractivity contribution is -0.377. The van der Waals surface area contributed by atoms with Crippen molar-refractivity contribution in [1.82, 2.24) is 0 Å². The van der Waals surface area contributed by atoms with Gasteiger partial charge >= 0.3 is 0 Å². The molecule has 1 aliphatic carbocycles. The highest BCUT2D eigenvalue weighted by Gasteiger charge is 2.28. The van der Waals surface area contributed by atoms with E-state index in [0.717, 1.165) is 6.42 Å². The second kappa shape index (κ2) is 6.60. The fourth-order valence-electron chi connectivity index (χ4n) is 4.00. The van der Waals surface area contributed by atoms with E-state index in [-0.39, 0.29) is 0 Å². The summed E-state index contributed by atoms with van der Waals surface area (Å²) in [6.07, 6.45) is 6.01. The molecular weight excluding hydrogens is 290 g/mol. The van der Waals surface area contributed by atoms with Crippen molar-refractivity contribution in [3.05, 3.63) is 77.5 Å². The summed E-state index contributed by atoms with van der Waals surface area (Å²) in [4.78, 5) is 3.83. The number of hydrogen-bond acceptors (Lipinski definition) is 0. The first-order valence-corrected chi connectivity index (χ1v) is 9.09. The number of nitrogens with one attached hydrogen (secondary N) is 1. The molecule has 0 fully saturated rings. The van der Waals surface area contributed by atoms with Crippen LogP contribution in [0.3, 0.4) is 0 Å². The van der Waals surface area contributed by atoms with Gasteiger partial charge in [-0.1, -0.05) is 55.5 Å². The van der Waals surface area contributed by atoms with Crippen LogP contribution in [0.4, 0.5) is 0 Å². The Bertz CT molecular complexity index is 835. The predicted molar refractivity (Wildman–Crippen MR) is 99.9 cm³/mol. The van der Waals surface area contributed by atoms with Crippen molar-refractivity contribution in [1.29, 1.82) is 0 Å². The van der Waals surface area contributed by atoms with Crippen molar-refractivity contribution >= 4 is 0 Å². The van der Waals surface area contributed by atoms with Gasteiger partial charge in [-0.25, -0.2) is 4.98 Å². The Morgan fingerprint density at radius 2 is 1.42 bits per heavy atom. The third-order valence-corrected chi connectivity index (χ3v) is 5.03. The minimum Gasteiger partial charge on any atom is -0.208 e. The monoisotopic (exact) mass is 314 g/mol. The van der Waals surface area contributed by atoms with Crippen LogP contribution in [0.25, 0.3) is 22.4 Å². The molecular formula is C23H24N+. The molecule has 1 aliphatic rings. The number of fused-ring (bicyclic) bond motifs is 1. The van der Waals surface area contributed by atoms with Crippen LogP contribution in [-0.4, -0.2) is 0 Å². The fourth-order valence-corrected chi connectivity index (χ4v) is 4.00. The molecule has 0 bridgehead atoms. The van der Waals surface area contributed by atoms with Gasteiger partial charge in [0.25, 0.3) is 0 Å². The lowest BCUT2D eigenvalue weighted by Gasteiger charge is -2.13. The van der Waals surface area contributed by atoms with Crippen LogP contribution >= 0.6 is 0 Å². The summed E-state index contributed by atoms with van der Waals surface area (Å²) >= 11 is 0. The Morgan fingerprint density at radius 1 is 0.792 bits per heavy atom. The highest BCUT2D eigenvalue weighted by molar-refractivity contribution is 5.82. The molecule has 0 unspecified atom stereocenters. The van der Waals surface area contributed by atoms with E-state index in [0.29, 0.717) is 0 Å². The first-order chi connectivity index (χ1) is 11.9. The molecule has 0 aliphatic heterocycles. The second-order valence-electron chi connectivity index (χ2n) is 6.65. The molecule has 120 valence electrons. The largest absolute Gasteiger partial charge is 0.219 e. The predicted octanol–water partition coefficient (Wildman–Crippen LogP) is 5.28. The Balaban J connectivity index is 2.02. The van der Waals surface area contributed by atoms with Crippen LogP contribution in [-0.2, 0) is 19.3 Å². The van der Waals surface area contributed by atoms with E-state index in [2.05, 4.69) is 72.6 Å². The number of hydrogen-bond donors (Lipinski definition) is 0. The summed E-state index contributed by atoms with van der Waals surface area (Å²) in [6.45, 7) is 2.27. The van der Waals surface area contributed by atoms with E-state index in [9.17, 15) is 0 Å². The Labute approximate surface area is 144 Å². The smallest absolute Gasteiger partial charge is 0.208 e. The van der Waals surface area contributed by atoms with Crippen LogP contribution in [0.15, 0.2) is 60.7 Å². The summed E-state index contributed by atoms with van der Waals surface area (Å²) in [6, 6.07) is 21.7. The zero-order chi connectivity index (χ0) is 16.4. The third kappa shape index (κ3) is 2.65. The maximum atomic E-state index is 3.83. The quantitative estimate of drug-likeness (QED) is 0.622. The molecule has 1 aromatic heterocycles. The van der Waals surface area contributed by atoms with E-state index >= 15 is 0 Å². The average molecular weight is 314 g/mol. The molecule has 24 heavy (non-hydrogen) atoms. The van der Waals surface area contributed by atoms with Crippen LogP contribution in [0.5, 0.6) is 0 Å². The standard InChI is InChI=1S/C23H23N/c1-2-10-21-19-15-9-16-20(19)22(17-11-5-3-6-12-17)23(24-21)18-13-7-4-8-14-18/h3-8,11-14H,2,9-10,15-16H2,1H3/p+1. The average Bonchev–Trinajstić information content (AvgIpc) is 3.13. The Morgan fingerprint density at radius 3 is 2.08 bits per heavy atom. The maximum Gasteiger partial charge on any atom is 0.219 e. The highest BCUT2D eigenvalue weighted by atomic mass is 14.7. The third-order valence-electron chi connectivity index (χ3n) is 5.03. The van der Waals surface area contributed by atoms with E-state index in [1.807, 2.05) is 0 Å². The molecule has 0 atom stereocenters. The van der Waals surface area contributed by atoms with Gasteiger partial charge < -0.3 is 0 Å². The molecule has 1 nitrogen and oxygen atoms in total. The number of aromatic amines is 1. The summed E-state index contributed by atoms with van der Waals surface area (Å²) < 4.78 is 0. The van der Waals surface area contributed by atoms with E-state index in [4.69, 9.17) is 0 Å². The van der Waals surface area contributed by atoms with Gasteiger partial charge in [0.1, 0.15) is 0 Å². The van der Waals surface area contributed by atoms with Crippen molar-refractivity contribution < 1.29 is 4.98 Å². The van der Waals surface area contributed by atoms with Gasteiger partial charge in [0.2, 0.25) is 5.69 Å². The Hall–Kier alpha value is -2.41. The molecule has 0 saturated carbocycles. The van der Waals surface area contributed by atoms with Gasteiger partial charge in [-0.05, 0) is 48.9 Å². The summed E-state index contributed by atoms with van der Waals surface area (Å²) in [5.41, 5.74) is 9.90. The molecule has 3 aromatic rings. The number of aryl methyl sites for hydroxylation is 1. The van der Waals surface area contributed by atoms with E-state index in [1.165, 1.54) is 53.8 Å². The molecule has 0 radical (unpaired) electrons. The number of pyridine rings is 1. The number of benzene rings is 2. The maximum absolute atomic E-state index is 3.83. The van der Waals surface area contributed by atoms with Crippen molar-refractivity contribution in [3.8, 4) is 22.4 Å². The molecule has 1 heteroatoms. The number of H-pyrrole nitrogens is 1. The van der Waals surface area contributed by atoms with Crippen LogP contribution in [0.1, 0.15) is 36.6 Å². The minimum absolute atomic E-state index is 1.14. The van der Waals surface area contributed by atoms with Crippen LogP contribution in [0, 0.1) is 0 Å². The molecule has 0 saturated heterocycles. The summed E-state index contributed by atoms with van der Waals surface area (Å²) in [5, 5.41) is 0. The van der Waals surface area contributed by atoms with Crippen molar-refractivity contribution in [2.75, 3.05) is 0 Å².